The van der Waals surface area contributed by atoms with E-state index in [1.807, 2.05) is 6.92 Å². The first-order chi connectivity index (χ1) is 10.8. The lowest BCUT2D eigenvalue weighted by Gasteiger charge is -2.17. The van der Waals surface area contributed by atoms with Crippen LogP contribution in [0.1, 0.15) is 31.0 Å². The van der Waals surface area contributed by atoms with Gasteiger partial charge in [0.1, 0.15) is 12.4 Å². The quantitative estimate of drug-likeness (QED) is 0.797. The fraction of sp³-hybridized carbons (Fsp3) is 0.571. The van der Waals surface area contributed by atoms with E-state index in [-0.39, 0.29) is 24.6 Å². The molecule has 126 valence electrons. The summed E-state index contributed by atoms with van der Waals surface area (Å²) in [7, 11) is 4.24. The van der Waals surface area contributed by atoms with Gasteiger partial charge in [-0.05, 0) is 6.42 Å². The maximum absolute atomic E-state index is 12.6. The summed E-state index contributed by atoms with van der Waals surface area (Å²) in [6.07, 6.45) is 0.812. The van der Waals surface area contributed by atoms with Gasteiger partial charge in [0.2, 0.25) is 5.91 Å². The van der Waals surface area contributed by atoms with Crippen LogP contribution in [0.5, 0.6) is 0 Å². The van der Waals surface area contributed by atoms with E-state index in [0.29, 0.717) is 11.0 Å². The van der Waals surface area contributed by atoms with Crippen LogP contribution in [-0.4, -0.2) is 42.0 Å². The SMILES string of the molecule is CCCCC(=O)n1c(=O)c2c(n(C)c1=O)N(C(=O)OC)CN2C. The van der Waals surface area contributed by atoms with Crippen molar-refractivity contribution >= 4 is 23.5 Å². The van der Waals surface area contributed by atoms with Crippen LogP contribution in [0.2, 0.25) is 0 Å². The minimum Gasteiger partial charge on any atom is -0.452 e. The van der Waals surface area contributed by atoms with Gasteiger partial charge in [-0.25, -0.2) is 14.5 Å². The number of rotatable bonds is 3. The summed E-state index contributed by atoms with van der Waals surface area (Å²) in [6.45, 7) is 1.98. The topological polar surface area (TPSA) is 93.8 Å². The molecule has 0 atom stereocenters. The molecule has 0 saturated carbocycles. The fourth-order valence-corrected chi connectivity index (χ4v) is 2.59. The number of carbonyl (C=O) groups is 2. The van der Waals surface area contributed by atoms with Crippen LogP contribution in [0, 0.1) is 0 Å². The summed E-state index contributed by atoms with van der Waals surface area (Å²) in [6, 6.07) is 0. The lowest BCUT2D eigenvalue weighted by molar-refractivity contribution is 0.0888. The zero-order chi connectivity index (χ0) is 17.3. The normalized spacial score (nSPS) is 13.2. The predicted octanol–water partition coefficient (Wildman–Crippen LogP) is 0.357. The molecule has 1 aliphatic heterocycles. The van der Waals surface area contributed by atoms with Crippen LogP contribution in [0.15, 0.2) is 9.59 Å². The second-order valence-corrected chi connectivity index (χ2v) is 5.39. The lowest BCUT2D eigenvalue weighted by Crippen LogP contribution is -2.44. The molecule has 0 aromatic carbocycles. The number of nitrogens with zero attached hydrogens (tertiary/aromatic N) is 4. The molecule has 1 amide bonds. The highest BCUT2D eigenvalue weighted by molar-refractivity contribution is 5.94. The molecule has 1 aromatic rings. The third-order valence-electron chi connectivity index (χ3n) is 3.79. The van der Waals surface area contributed by atoms with Crippen LogP contribution in [-0.2, 0) is 11.8 Å². The first kappa shape index (κ1) is 16.8. The molecular weight excluding hydrogens is 304 g/mol. The largest absolute Gasteiger partial charge is 0.452 e. The number of methoxy groups -OCH3 is 1. The number of ether oxygens (including phenoxy) is 1. The van der Waals surface area contributed by atoms with Gasteiger partial charge in [0.15, 0.2) is 5.82 Å². The van der Waals surface area contributed by atoms with Gasteiger partial charge in [-0.3, -0.25) is 14.2 Å². The van der Waals surface area contributed by atoms with Crippen molar-refractivity contribution in [3.63, 3.8) is 0 Å². The highest BCUT2D eigenvalue weighted by Gasteiger charge is 2.36. The van der Waals surface area contributed by atoms with Crippen LogP contribution < -0.4 is 21.0 Å². The Morgan fingerprint density at radius 3 is 2.43 bits per heavy atom. The molecule has 9 heteroatoms. The third-order valence-corrected chi connectivity index (χ3v) is 3.79. The number of fused-ring (bicyclic) bond motifs is 1. The number of aromatic nitrogens is 2. The molecule has 0 saturated heterocycles. The van der Waals surface area contributed by atoms with Crippen molar-refractivity contribution in [2.75, 3.05) is 30.6 Å². The highest BCUT2D eigenvalue weighted by Crippen LogP contribution is 2.30. The number of anilines is 2. The Morgan fingerprint density at radius 1 is 1.22 bits per heavy atom. The Morgan fingerprint density at radius 2 is 1.87 bits per heavy atom. The first-order valence-electron chi connectivity index (χ1n) is 7.31. The molecule has 0 fully saturated rings. The summed E-state index contributed by atoms with van der Waals surface area (Å²) >= 11 is 0. The van der Waals surface area contributed by atoms with Crippen molar-refractivity contribution in [1.82, 2.24) is 9.13 Å². The average Bonchev–Trinajstić information content (AvgIpc) is 2.87. The van der Waals surface area contributed by atoms with Crippen LogP contribution in [0.3, 0.4) is 0 Å². The molecule has 0 radical (unpaired) electrons. The number of hydrogen-bond donors (Lipinski definition) is 0. The van der Waals surface area contributed by atoms with Gasteiger partial charge >= 0.3 is 11.8 Å². The Hall–Kier alpha value is -2.58. The lowest BCUT2D eigenvalue weighted by atomic mass is 10.2. The molecule has 23 heavy (non-hydrogen) atoms. The second-order valence-electron chi connectivity index (χ2n) is 5.39. The minimum absolute atomic E-state index is 0.0672. The van der Waals surface area contributed by atoms with E-state index in [1.54, 1.807) is 7.05 Å². The zero-order valence-corrected chi connectivity index (χ0v) is 13.7. The molecule has 1 aromatic heterocycles. The van der Waals surface area contributed by atoms with Gasteiger partial charge in [-0.1, -0.05) is 13.3 Å². The molecule has 0 N–H and O–H groups in total. The van der Waals surface area contributed by atoms with E-state index in [0.717, 1.165) is 11.0 Å². The smallest absolute Gasteiger partial charge is 0.416 e. The Balaban J connectivity index is 2.66. The molecule has 2 heterocycles. The van der Waals surface area contributed by atoms with Crippen LogP contribution >= 0.6 is 0 Å². The number of unbranched alkanes of at least 4 members (excludes halogenated alkanes) is 1. The number of amides is 1. The van der Waals surface area contributed by atoms with Gasteiger partial charge in [-0.2, -0.15) is 4.57 Å². The van der Waals surface area contributed by atoms with Gasteiger partial charge in [-0.15, -0.1) is 0 Å². The Labute approximate surface area is 132 Å². The molecule has 2 rings (SSSR count). The molecular formula is C14H20N4O5. The van der Waals surface area contributed by atoms with Gasteiger partial charge < -0.3 is 9.64 Å². The summed E-state index contributed by atoms with van der Waals surface area (Å²) in [5, 5.41) is 0. The van der Waals surface area contributed by atoms with E-state index in [4.69, 9.17) is 0 Å². The van der Waals surface area contributed by atoms with E-state index in [9.17, 15) is 19.2 Å². The maximum atomic E-state index is 12.6. The fourth-order valence-electron chi connectivity index (χ4n) is 2.59. The number of hydrogen-bond acceptors (Lipinski definition) is 6. The van der Waals surface area contributed by atoms with Gasteiger partial charge in [0, 0.05) is 20.5 Å². The van der Waals surface area contributed by atoms with Crippen molar-refractivity contribution < 1.29 is 14.3 Å². The minimum atomic E-state index is -0.765. The van der Waals surface area contributed by atoms with E-state index < -0.39 is 23.2 Å². The molecule has 0 bridgehead atoms. The van der Waals surface area contributed by atoms with Crippen molar-refractivity contribution in [2.45, 2.75) is 26.2 Å². The van der Waals surface area contributed by atoms with Gasteiger partial charge in [0.05, 0.1) is 7.11 Å². The van der Waals surface area contributed by atoms with Crippen LogP contribution in [0.25, 0.3) is 0 Å². The summed E-state index contributed by atoms with van der Waals surface area (Å²) in [5.41, 5.74) is -1.35. The van der Waals surface area contributed by atoms with Crippen LogP contribution in [0.4, 0.5) is 16.3 Å². The predicted molar refractivity (Wildman–Crippen MR) is 84.2 cm³/mol. The Kier molecular flexibility index (Phi) is 4.57. The van der Waals surface area contributed by atoms with E-state index >= 15 is 0 Å². The zero-order valence-electron chi connectivity index (χ0n) is 13.7. The molecule has 9 nitrogen and oxygen atoms in total. The average molecular weight is 324 g/mol. The molecule has 0 unspecified atom stereocenters. The van der Waals surface area contributed by atoms with Crippen molar-refractivity contribution in [3.8, 4) is 0 Å². The molecule has 0 spiro atoms. The van der Waals surface area contributed by atoms with Crippen molar-refractivity contribution in [1.29, 1.82) is 0 Å². The standard InChI is InChI=1S/C14H20N4O5/c1-5-6-7-9(19)18-12(20)10-11(16(3)13(18)21)17(8-15(10)2)14(22)23-4/h5-8H2,1-4H3. The summed E-state index contributed by atoms with van der Waals surface area (Å²) < 4.78 is 6.44. The molecule has 0 aliphatic carbocycles. The monoisotopic (exact) mass is 324 g/mol. The van der Waals surface area contributed by atoms with E-state index in [1.165, 1.54) is 24.0 Å². The highest BCUT2D eigenvalue weighted by atomic mass is 16.5. The maximum Gasteiger partial charge on any atom is 0.416 e. The first-order valence-corrected chi connectivity index (χ1v) is 7.31. The second kappa shape index (κ2) is 6.27. The Bertz CT molecular complexity index is 764. The van der Waals surface area contributed by atoms with Crippen molar-refractivity contribution in [2.24, 2.45) is 7.05 Å². The number of carbonyl (C=O) groups excluding carboxylic acids is 2. The van der Waals surface area contributed by atoms with Gasteiger partial charge in [0.25, 0.3) is 5.56 Å². The summed E-state index contributed by atoms with van der Waals surface area (Å²) in [4.78, 5) is 51.8. The van der Waals surface area contributed by atoms with Crippen molar-refractivity contribution in [3.05, 3.63) is 20.8 Å². The molecule has 1 aliphatic rings. The summed E-state index contributed by atoms with van der Waals surface area (Å²) in [5.74, 6) is -0.404. The third kappa shape index (κ3) is 2.62. The van der Waals surface area contributed by atoms with E-state index in [2.05, 4.69) is 4.74 Å².